The minimum absolute atomic E-state index is 0.128. The zero-order valence-electron chi connectivity index (χ0n) is 13.4. The molecule has 1 atom stereocenters. The summed E-state index contributed by atoms with van der Waals surface area (Å²) in [5, 5.41) is 4.77. The van der Waals surface area contributed by atoms with Crippen molar-refractivity contribution >= 4 is 11.3 Å². The number of hydrogen-bond acceptors (Lipinski definition) is 4. The van der Waals surface area contributed by atoms with E-state index in [4.69, 9.17) is 9.72 Å². The summed E-state index contributed by atoms with van der Waals surface area (Å²) in [4.78, 5) is 6.17. The van der Waals surface area contributed by atoms with Crippen LogP contribution in [0.15, 0.2) is 0 Å². The molecule has 0 bridgehead atoms. The van der Waals surface area contributed by atoms with Gasteiger partial charge in [-0.25, -0.2) is 4.98 Å². The van der Waals surface area contributed by atoms with E-state index in [0.717, 1.165) is 19.4 Å². The molecule has 0 radical (unpaired) electrons. The van der Waals surface area contributed by atoms with Gasteiger partial charge in [0.2, 0.25) is 0 Å². The highest BCUT2D eigenvalue weighted by Gasteiger charge is 2.36. The molecule has 3 nitrogen and oxygen atoms in total. The molecule has 110 valence electrons. The Morgan fingerprint density at radius 2 is 1.89 bits per heavy atom. The second-order valence-corrected chi connectivity index (χ2v) is 7.08. The van der Waals surface area contributed by atoms with Crippen molar-refractivity contribution < 1.29 is 4.74 Å². The van der Waals surface area contributed by atoms with Crippen molar-refractivity contribution in [2.75, 3.05) is 13.7 Å². The van der Waals surface area contributed by atoms with Crippen LogP contribution in [0, 0.1) is 6.92 Å². The molecule has 0 saturated heterocycles. The molecular weight excluding hydrogens is 256 g/mol. The zero-order chi connectivity index (χ0) is 14.7. The van der Waals surface area contributed by atoms with E-state index in [9.17, 15) is 0 Å². The number of thiazole rings is 1. The van der Waals surface area contributed by atoms with Crippen LogP contribution in [0.25, 0.3) is 0 Å². The number of nitrogens with one attached hydrogen (secondary N) is 1. The van der Waals surface area contributed by atoms with Gasteiger partial charge in [0, 0.05) is 18.4 Å². The molecule has 0 amide bonds. The van der Waals surface area contributed by atoms with Crippen molar-refractivity contribution in [3.8, 4) is 0 Å². The van der Waals surface area contributed by atoms with Crippen molar-refractivity contribution in [1.82, 2.24) is 10.3 Å². The second kappa shape index (κ2) is 6.33. The molecule has 1 aromatic rings. The predicted molar refractivity (Wildman–Crippen MR) is 83.0 cm³/mol. The summed E-state index contributed by atoms with van der Waals surface area (Å²) in [5.41, 5.74) is 0.930. The Labute approximate surface area is 121 Å². The zero-order valence-corrected chi connectivity index (χ0v) is 14.2. The summed E-state index contributed by atoms with van der Waals surface area (Å²) >= 11 is 1.81. The quantitative estimate of drug-likeness (QED) is 0.830. The third-order valence-corrected chi connectivity index (χ3v) is 4.88. The number of ether oxygens (including phenoxy) is 1. The molecule has 1 N–H and O–H groups in total. The van der Waals surface area contributed by atoms with E-state index >= 15 is 0 Å². The topological polar surface area (TPSA) is 34.1 Å². The molecule has 0 aliphatic rings. The highest BCUT2D eigenvalue weighted by Crippen LogP contribution is 2.35. The van der Waals surface area contributed by atoms with Crippen molar-refractivity contribution in [3.05, 3.63) is 15.6 Å². The first-order chi connectivity index (χ1) is 8.78. The smallest absolute Gasteiger partial charge is 0.113 e. The summed E-state index contributed by atoms with van der Waals surface area (Å²) in [6.45, 7) is 13.9. The number of rotatable bonds is 7. The Morgan fingerprint density at radius 1 is 1.26 bits per heavy atom. The average molecular weight is 284 g/mol. The van der Waals surface area contributed by atoms with Crippen LogP contribution in [-0.2, 0) is 16.7 Å². The fraction of sp³-hybridized carbons (Fsp3) is 0.800. The lowest BCUT2D eigenvalue weighted by molar-refractivity contribution is -0.00704. The molecule has 0 saturated carbocycles. The van der Waals surface area contributed by atoms with Crippen LogP contribution in [0.2, 0.25) is 0 Å². The van der Waals surface area contributed by atoms with Crippen molar-refractivity contribution in [2.45, 2.75) is 65.5 Å². The van der Waals surface area contributed by atoms with E-state index in [1.807, 2.05) is 11.3 Å². The molecule has 0 aliphatic heterocycles. The Bertz CT molecular complexity index is 414. The summed E-state index contributed by atoms with van der Waals surface area (Å²) in [5.74, 6) is 0. The van der Waals surface area contributed by atoms with Crippen LogP contribution in [-0.4, -0.2) is 24.2 Å². The van der Waals surface area contributed by atoms with Crippen LogP contribution in [0.5, 0.6) is 0 Å². The standard InChI is InChI=1S/C15H28N2OS/c1-8-12-11(3)19-13(17-12)15(6,16-9-2)10-14(4,5)18-7/h16H,8-10H2,1-7H3. The van der Waals surface area contributed by atoms with Gasteiger partial charge >= 0.3 is 0 Å². The van der Waals surface area contributed by atoms with Crippen LogP contribution in [0.4, 0.5) is 0 Å². The first kappa shape index (κ1) is 16.6. The summed E-state index contributed by atoms with van der Waals surface area (Å²) in [6.07, 6.45) is 1.90. The SMILES string of the molecule is CCNC(C)(CC(C)(C)OC)c1nc(CC)c(C)s1. The van der Waals surface area contributed by atoms with Gasteiger partial charge in [-0.05, 0) is 40.7 Å². The minimum Gasteiger partial charge on any atom is -0.379 e. The number of methoxy groups -OCH3 is 1. The van der Waals surface area contributed by atoms with Crippen molar-refractivity contribution in [1.29, 1.82) is 0 Å². The van der Waals surface area contributed by atoms with Crippen LogP contribution < -0.4 is 5.32 Å². The van der Waals surface area contributed by atoms with E-state index in [1.54, 1.807) is 7.11 Å². The van der Waals surface area contributed by atoms with Gasteiger partial charge in [-0.2, -0.15) is 0 Å². The monoisotopic (exact) mass is 284 g/mol. The molecule has 0 aromatic carbocycles. The molecule has 1 aromatic heterocycles. The van der Waals surface area contributed by atoms with Crippen molar-refractivity contribution in [3.63, 3.8) is 0 Å². The lowest BCUT2D eigenvalue weighted by Crippen LogP contribution is -2.45. The molecule has 19 heavy (non-hydrogen) atoms. The lowest BCUT2D eigenvalue weighted by atomic mass is 9.88. The van der Waals surface area contributed by atoms with E-state index in [2.05, 4.69) is 46.9 Å². The molecule has 1 rings (SSSR count). The Morgan fingerprint density at radius 3 is 2.32 bits per heavy atom. The van der Waals surface area contributed by atoms with E-state index in [1.165, 1.54) is 15.6 Å². The third kappa shape index (κ3) is 4.01. The van der Waals surface area contributed by atoms with Crippen LogP contribution in [0.3, 0.4) is 0 Å². The number of aryl methyl sites for hydroxylation is 2. The number of nitrogens with zero attached hydrogens (tertiary/aromatic N) is 1. The fourth-order valence-corrected chi connectivity index (χ4v) is 3.64. The molecular formula is C15H28N2OS. The highest BCUT2D eigenvalue weighted by atomic mass is 32.1. The van der Waals surface area contributed by atoms with E-state index < -0.39 is 0 Å². The maximum atomic E-state index is 5.60. The normalized spacial score (nSPS) is 15.5. The lowest BCUT2D eigenvalue weighted by Gasteiger charge is -2.36. The highest BCUT2D eigenvalue weighted by molar-refractivity contribution is 7.11. The van der Waals surface area contributed by atoms with Gasteiger partial charge in [0.15, 0.2) is 0 Å². The van der Waals surface area contributed by atoms with Crippen molar-refractivity contribution in [2.24, 2.45) is 0 Å². The molecule has 0 fully saturated rings. The second-order valence-electron chi connectivity index (χ2n) is 5.88. The summed E-state index contributed by atoms with van der Waals surface area (Å²) in [7, 11) is 1.77. The maximum Gasteiger partial charge on any atom is 0.113 e. The van der Waals surface area contributed by atoms with Gasteiger partial charge in [-0.15, -0.1) is 11.3 Å². The van der Waals surface area contributed by atoms with Crippen LogP contribution >= 0.6 is 11.3 Å². The largest absolute Gasteiger partial charge is 0.379 e. The third-order valence-electron chi connectivity index (χ3n) is 3.60. The number of hydrogen-bond donors (Lipinski definition) is 1. The summed E-state index contributed by atoms with van der Waals surface area (Å²) in [6, 6.07) is 0. The number of aromatic nitrogens is 1. The Kier molecular flexibility index (Phi) is 5.53. The fourth-order valence-electron chi connectivity index (χ4n) is 2.52. The van der Waals surface area contributed by atoms with Gasteiger partial charge < -0.3 is 10.1 Å². The van der Waals surface area contributed by atoms with Gasteiger partial charge in [-0.1, -0.05) is 13.8 Å². The average Bonchev–Trinajstić information content (AvgIpc) is 2.71. The minimum atomic E-state index is -0.164. The molecule has 4 heteroatoms. The van der Waals surface area contributed by atoms with Crippen LogP contribution in [0.1, 0.15) is 56.6 Å². The molecule has 0 aliphatic carbocycles. The Hall–Kier alpha value is -0.450. The van der Waals surface area contributed by atoms with E-state index in [0.29, 0.717) is 0 Å². The molecule has 1 unspecified atom stereocenters. The van der Waals surface area contributed by atoms with Gasteiger partial charge in [0.05, 0.1) is 16.8 Å². The first-order valence-corrected chi connectivity index (χ1v) is 7.86. The molecule has 1 heterocycles. The van der Waals surface area contributed by atoms with Gasteiger partial charge in [-0.3, -0.25) is 0 Å². The molecule has 0 spiro atoms. The van der Waals surface area contributed by atoms with Gasteiger partial charge in [0.1, 0.15) is 5.01 Å². The Balaban J connectivity index is 3.10. The maximum absolute atomic E-state index is 5.60. The predicted octanol–water partition coefficient (Wildman–Crippen LogP) is 3.65. The first-order valence-electron chi connectivity index (χ1n) is 7.05. The van der Waals surface area contributed by atoms with Gasteiger partial charge in [0.25, 0.3) is 0 Å². The summed E-state index contributed by atoms with van der Waals surface area (Å²) < 4.78 is 5.60. The van der Waals surface area contributed by atoms with E-state index in [-0.39, 0.29) is 11.1 Å².